The van der Waals surface area contributed by atoms with E-state index in [4.69, 9.17) is 18.9 Å². The van der Waals surface area contributed by atoms with Gasteiger partial charge in [-0.1, -0.05) is 30.1 Å². The summed E-state index contributed by atoms with van der Waals surface area (Å²) >= 11 is 0. The van der Waals surface area contributed by atoms with Crippen LogP contribution in [-0.4, -0.2) is 39.5 Å². The molecule has 166 valence electrons. The van der Waals surface area contributed by atoms with E-state index in [1.165, 1.54) is 58.8 Å². The summed E-state index contributed by atoms with van der Waals surface area (Å²) < 4.78 is 37.0. The second-order valence-corrected chi connectivity index (χ2v) is 6.86. The van der Waals surface area contributed by atoms with Gasteiger partial charge in [-0.25, -0.2) is 4.39 Å². The molecule has 0 amide bonds. The van der Waals surface area contributed by atoms with E-state index in [-0.39, 0.29) is 16.8 Å². The minimum absolute atomic E-state index is 0.0772. The van der Waals surface area contributed by atoms with Crippen LogP contribution in [0.5, 0.6) is 17.2 Å². The average Bonchev–Trinajstić information content (AvgIpc) is 2.81. The van der Waals surface area contributed by atoms with Gasteiger partial charge >= 0.3 is 0 Å². The third-order valence-electron chi connectivity index (χ3n) is 4.99. The molecule has 0 bridgehead atoms. The lowest BCUT2D eigenvalue weighted by molar-refractivity contribution is -0.385. The number of allylic oxidation sites excluding steroid dienone is 2. The van der Waals surface area contributed by atoms with Gasteiger partial charge < -0.3 is 18.9 Å². The lowest BCUT2D eigenvalue weighted by Crippen LogP contribution is -2.35. The topological polar surface area (TPSA) is 80.1 Å². The Morgan fingerprint density at radius 3 is 2.09 bits per heavy atom. The van der Waals surface area contributed by atoms with Crippen molar-refractivity contribution >= 4 is 5.69 Å². The highest BCUT2D eigenvalue weighted by molar-refractivity contribution is 5.59. The molecule has 1 aliphatic rings. The summed E-state index contributed by atoms with van der Waals surface area (Å²) in [4.78, 5) is 10.9. The number of benzene rings is 2. The fourth-order valence-corrected chi connectivity index (χ4v) is 3.41. The predicted molar refractivity (Wildman–Crippen MR) is 117 cm³/mol. The number of hydrogen-bond donors (Lipinski definition) is 0. The molecule has 0 N–H and O–H groups in total. The lowest BCUT2D eigenvalue weighted by atomic mass is 9.85. The minimum Gasteiger partial charge on any atom is -0.493 e. The molecule has 0 heterocycles. The molecule has 7 nitrogen and oxygen atoms in total. The maximum atomic E-state index is 15.9. The number of non-ortho nitro benzene ring substituents is 1. The van der Waals surface area contributed by atoms with E-state index in [1.807, 2.05) is 0 Å². The molecule has 3 rings (SSSR count). The van der Waals surface area contributed by atoms with Crippen molar-refractivity contribution < 1.29 is 28.3 Å². The van der Waals surface area contributed by atoms with Crippen molar-refractivity contribution in [2.24, 2.45) is 0 Å². The van der Waals surface area contributed by atoms with Gasteiger partial charge in [-0.05, 0) is 24.3 Å². The fraction of sp³-hybridized carbons (Fsp3) is 0.250. The van der Waals surface area contributed by atoms with Gasteiger partial charge in [0, 0.05) is 35.9 Å². The first-order chi connectivity index (χ1) is 15.4. The number of alkyl halides is 1. The number of halogens is 1. The van der Waals surface area contributed by atoms with Crippen LogP contribution in [0.1, 0.15) is 16.7 Å². The summed E-state index contributed by atoms with van der Waals surface area (Å²) in [6.07, 6.45) is 5.14. The van der Waals surface area contributed by atoms with Gasteiger partial charge in [0.1, 0.15) is 6.10 Å². The van der Waals surface area contributed by atoms with Crippen LogP contribution < -0.4 is 14.2 Å². The highest BCUT2D eigenvalue weighted by atomic mass is 19.1. The fourth-order valence-electron chi connectivity index (χ4n) is 3.41. The van der Waals surface area contributed by atoms with E-state index in [2.05, 4.69) is 11.8 Å². The van der Waals surface area contributed by atoms with Crippen LogP contribution in [0, 0.1) is 22.0 Å². The maximum absolute atomic E-state index is 15.9. The van der Waals surface area contributed by atoms with Crippen molar-refractivity contribution in [3.8, 4) is 29.1 Å². The Morgan fingerprint density at radius 2 is 1.56 bits per heavy atom. The molecular weight excluding hydrogens is 417 g/mol. The zero-order valence-electron chi connectivity index (χ0n) is 18.0. The Kier molecular flexibility index (Phi) is 6.81. The van der Waals surface area contributed by atoms with Crippen molar-refractivity contribution in [2.45, 2.75) is 11.8 Å². The quantitative estimate of drug-likeness (QED) is 0.379. The van der Waals surface area contributed by atoms with Crippen molar-refractivity contribution in [2.75, 3.05) is 28.4 Å². The van der Waals surface area contributed by atoms with Gasteiger partial charge in [-0.15, -0.1) is 0 Å². The van der Waals surface area contributed by atoms with Gasteiger partial charge in [-0.3, -0.25) is 10.1 Å². The van der Waals surface area contributed by atoms with E-state index in [9.17, 15) is 10.1 Å². The molecule has 0 fully saturated rings. The second kappa shape index (κ2) is 9.54. The predicted octanol–water partition coefficient (Wildman–Crippen LogP) is 4.33. The van der Waals surface area contributed by atoms with E-state index in [1.54, 1.807) is 24.3 Å². The number of ether oxygens (including phenoxy) is 4. The van der Waals surface area contributed by atoms with Crippen molar-refractivity contribution in [3.05, 3.63) is 81.4 Å². The highest BCUT2D eigenvalue weighted by Crippen LogP contribution is 2.39. The molecule has 2 aromatic carbocycles. The van der Waals surface area contributed by atoms with Crippen molar-refractivity contribution in [3.63, 3.8) is 0 Å². The minimum atomic E-state index is -2.07. The molecule has 0 radical (unpaired) electrons. The van der Waals surface area contributed by atoms with E-state index in [0.717, 1.165) is 0 Å². The normalized spacial score (nSPS) is 19.1. The van der Waals surface area contributed by atoms with Crippen LogP contribution >= 0.6 is 0 Å². The zero-order chi connectivity index (χ0) is 23.3. The summed E-state index contributed by atoms with van der Waals surface area (Å²) in [5, 5.41) is 11.5. The molecule has 32 heavy (non-hydrogen) atoms. The smallest absolute Gasteiger partial charge is 0.271 e. The van der Waals surface area contributed by atoms with Gasteiger partial charge in [0.25, 0.3) is 5.69 Å². The Morgan fingerprint density at radius 1 is 0.938 bits per heavy atom. The number of hydrogen-bond acceptors (Lipinski definition) is 6. The lowest BCUT2D eigenvalue weighted by Gasteiger charge is -2.30. The number of nitro benzene ring substituents is 1. The van der Waals surface area contributed by atoms with Crippen LogP contribution in [0.2, 0.25) is 0 Å². The number of nitro groups is 1. The summed E-state index contributed by atoms with van der Waals surface area (Å²) in [5.74, 6) is 7.04. The van der Waals surface area contributed by atoms with Crippen LogP contribution in [0.3, 0.4) is 0 Å². The monoisotopic (exact) mass is 439 g/mol. The molecule has 0 spiro atoms. The SMILES string of the molecule is COc1cc(C#Cc2cc([N+](=O)[O-])cc(C3(F)C=CC=CC3OC)c2)cc(OC)c1OC. The Bertz CT molecular complexity index is 1120. The Labute approximate surface area is 185 Å². The number of methoxy groups -OCH3 is 4. The number of nitrogens with zero attached hydrogens (tertiary/aromatic N) is 1. The molecule has 8 heteroatoms. The highest BCUT2D eigenvalue weighted by Gasteiger charge is 2.40. The molecule has 0 saturated heterocycles. The summed E-state index contributed by atoms with van der Waals surface area (Å²) in [6, 6.07) is 7.27. The molecular formula is C24H22FNO6. The molecule has 2 aromatic rings. The molecule has 2 unspecified atom stereocenters. The standard InChI is InChI=1S/C24H22FNO6/c1-29-20-13-17(14-21(30-2)23(20)32-4)9-8-16-11-18(15-19(12-16)26(27)28)24(25)10-6-5-7-22(24)31-3/h5-7,10-15,22H,1-4H3. The van der Waals surface area contributed by atoms with Gasteiger partial charge in [0.2, 0.25) is 5.75 Å². The molecule has 0 aliphatic heterocycles. The molecule has 2 atom stereocenters. The third-order valence-corrected chi connectivity index (χ3v) is 4.99. The summed E-state index contributed by atoms with van der Waals surface area (Å²) in [7, 11) is 5.84. The van der Waals surface area contributed by atoms with Crippen molar-refractivity contribution in [1.29, 1.82) is 0 Å². The van der Waals surface area contributed by atoms with Crippen LogP contribution in [0.15, 0.2) is 54.6 Å². The zero-order valence-corrected chi connectivity index (χ0v) is 18.0. The first-order valence-electron chi connectivity index (χ1n) is 9.56. The third kappa shape index (κ3) is 4.43. The van der Waals surface area contributed by atoms with E-state index in [0.29, 0.717) is 22.8 Å². The Balaban J connectivity index is 2.10. The summed E-state index contributed by atoms with van der Waals surface area (Å²) in [5.41, 5.74) is -1.46. The van der Waals surface area contributed by atoms with Crippen LogP contribution in [0.25, 0.3) is 0 Å². The average molecular weight is 439 g/mol. The maximum Gasteiger partial charge on any atom is 0.271 e. The van der Waals surface area contributed by atoms with Crippen LogP contribution in [-0.2, 0) is 10.4 Å². The Hall–Kier alpha value is -3.83. The van der Waals surface area contributed by atoms with Gasteiger partial charge in [-0.2, -0.15) is 0 Å². The van der Waals surface area contributed by atoms with Gasteiger partial charge in [0.15, 0.2) is 17.2 Å². The number of rotatable bonds is 6. The van der Waals surface area contributed by atoms with Gasteiger partial charge in [0.05, 0.1) is 26.3 Å². The molecule has 0 aromatic heterocycles. The molecule has 1 aliphatic carbocycles. The molecule has 0 saturated carbocycles. The summed E-state index contributed by atoms with van der Waals surface area (Å²) in [6.45, 7) is 0. The first-order valence-corrected chi connectivity index (χ1v) is 9.56. The second-order valence-electron chi connectivity index (χ2n) is 6.86. The van der Waals surface area contributed by atoms with Crippen molar-refractivity contribution in [1.82, 2.24) is 0 Å². The first kappa shape index (κ1) is 22.8. The van der Waals surface area contributed by atoms with Crippen LogP contribution in [0.4, 0.5) is 10.1 Å². The van der Waals surface area contributed by atoms with E-state index < -0.39 is 16.7 Å². The van der Waals surface area contributed by atoms with E-state index >= 15 is 4.39 Å². The largest absolute Gasteiger partial charge is 0.493 e.